The number of benzene rings is 2. The van der Waals surface area contributed by atoms with Crippen molar-refractivity contribution in [2.45, 2.75) is 19.2 Å². The SMILES string of the molecule is COc1ccc(OC)c(NC(=O)C(C)OC(=O)CNC(=O)c2ccc(C(F)(F)F)cc2)c1. The van der Waals surface area contributed by atoms with E-state index < -0.39 is 42.2 Å². The third-order valence-electron chi connectivity index (χ3n) is 4.21. The van der Waals surface area contributed by atoms with Crippen LogP contribution in [0.25, 0.3) is 0 Å². The molecule has 2 aromatic carbocycles. The molecule has 0 aliphatic rings. The second kappa shape index (κ2) is 10.5. The first kappa shape index (κ1) is 24.5. The molecule has 2 amide bonds. The maximum absolute atomic E-state index is 12.6. The van der Waals surface area contributed by atoms with Crippen molar-refractivity contribution >= 4 is 23.5 Å². The number of carbonyl (C=O) groups is 3. The van der Waals surface area contributed by atoms with Crippen molar-refractivity contribution < 1.29 is 41.8 Å². The Morgan fingerprint density at radius 1 is 1.00 bits per heavy atom. The van der Waals surface area contributed by atoms with Crippen LogP contribution < -0.4 is 20.1 Å². The summed E-state index contributed by atoms with van der Waals surface area (Å²) in [5.41, 5.74) is -0.668. The van der Waals surface area contributed by atoms with Gasteiger partial charge >= 0.3 is 12.1 Å². The predicted molar refractivity (Wildman–Crippen MR) is 108 cm³/mol. The maximum atomic E-state index is 12.6. The Morgan fingerprint density at radius 2 is 1.66 bits per heavy atom. The molecule has 0 aliphatic carbocycles. The summed E-state index contributed by atoms with van der Waals surface area (Å²) in [5, 5.41) is 4.77. The van der Waals surface area contributed by atoms with Gasteiger partial charge in [0.1, 0.15) is 18.0 Å². The third kappa shape index (κ3) is 6.62. The Kier molecular flexibility index (Phi) is 8.05. The van der Waals surface area contributed by atoms with E-state index >= 15 is 0 Å². The Labute approximate surface area is 181 Å². The number of amides is 2. The first-order valence-electron chi connectivity index (χ1n) is 9.23. The first-order chi connectivity index (χ1) is 15.0. The zero-order valence-corrected chi connectivity index (χ0v) is 17.4. The molecule has 0 aromatic heterocycles. The fourth-order valence-corrected chi connectivity index (χ4v) is 2.50. The van der Waals surface area contributed by atoms with Crippen molar-refractivity contribution in [1.82, 2.24) is 5.32 Å². The van der Waals surface area contributed by atoms with Crippen molar-refractivity contribution in [3.05, 3.63) is 53.6 Å². The average Bonchev–Trinajstić information content (AvgIpc) is 2.76. The molecule has 0 saturated carbocycles. The zero-order chi connectivity index (χ0) is 23.9. The third-order valence-corrected chi connectivity index (χ3v) is 4.21. The van der Waals surface area contributed by atoms with E-state index in [-0.39, 0.29) is 5.56 Å². The van der Waals surface area contributed by atoms with Crippen LogP contribution >= 0.6 is 0 Å². The van der Waals surface area contributed by atoms with Gasteiger partial charge in [-0.15, -0.1) is 0 Å². The van der Waals surface area contributed by atoms with Crippen molar-refractivity contribution in [2.24, 2.45) is 0 Å². The van der Waals surface area contributed by atoms with E-state index in [0.29, 0.717) is 17.2 Å². The number of ether oxygens (including phenoxy) is 3. The fourth-order valence-electron chi connectivity index (χ4n) is 2.50. The van der Waals surface area contributed by atoms with Gasteiger partial charge in [-0.3, -0.25) is 14.4 Å². The lowest BCUT2D eigenvalue weighted by molar-refractivity contribution is -0.152. The van der Waals surface area contributed by atoms with E-state index in [1.807, 2.05) is 0 Å². The normalized spacial score (nSPS) is 11.8. The van der Waals surface area contributed by atoms with E-state index in [9.17, 15) is 27.6 Å². The summed E-state index contributed by atoms with van der Waals surface area (Å²) < 4.78 is 52.9. The van der Waals surface area contributed by atoms with Crippen LogP contribution in [0, 0.1) is 0 Å². The minimum atomic E-state index is -4.52. The summed E-state index contributed by atoms with van der Waals surface area (Å²) in [6.07, 6.45) is -5.73. The summed E-state index contributed by atoms with van der Waals surface area (Å²) in [6.45, 7) is 0.748. The highest BCUT2D eigenvalue weighted by molar-refractivity contribution is 5.98. The van der Waals surface area contributed by atoms with Crippen LogP contribution in [0.5, 0.6) is 11.5 Å². The number of nitrogens with one attached hydrogen (secondary N) is 2. The van der Waals surface area contributed by atoms with Crippen LogP contribution in [0.1, 0.15) is 22.8 Å². The van der Waals surface area contributed by atoms with Gasteiger partial charge in [0, 0.05) is 11.6 Å². The Balaban J connectivity index is 1.88. The number of rotatable bonds is 8. The Hall–Kier alpha value is -3.76. The van der Waals surface area contributed by atoms with E-state index in [4.69, 9.17) is 14.2 Å². The molecule has 0 radical (unpaired) electrons. The fraction of sp³-hybridized carbons (Fsp3) is 0.286. The summed E-state index contributed by atoms with van der Waals surface area (Å²) in [6, 6.07) is 8.23. The van der Waals surface area contributed by atoms with Gasteiger partial charge in [0.15, 0.2) is 6.10 Å². The van der Waals surface area contributed by atoms with E-state index in [2.05, 4.69) is 10.6 Å². The van der Waals surface area contributed by atoms with E-state index in [1.165, 1.54) is 27.2 Å². The second-order valence-corrected chi connectivity index (χ2v) is 6.45. The molecule has 0 aliphatic heterocycles. The van der Waals surface area contributed by atoms with Crippen LogP contribution in [0.15, 0.2) is 42.5 Å². The molecule has 172 valence electrons. The number of carbonyl (C=O) groups excluding carboxylic acids is 3. The van der Waals surface area contributed by atoms with Crippen molar-refractivity contribution in [3.8, 4) is 11.5 Å². The van der Waals surface area contributed by atoms with Gasteiger partial charge in [0.2, 0.25) is 0 Å². The Morgan fingerprint density at radius 3 is 2.22 bits per heavy atom. The highest BCUT2D eigenvalue weighted by Gasteiger charge is 2.30. The summed E-state index contributed by atoms with van der Waals surface area (Å²) >= 11 is 0. The molecule has 8 nitrogen and oxygen atoms in total. The van der Waals surface area contributed by atoms with Gasteiger partial charge in [-0.2, -0.15) is 13.2 Å². The topological polar surface area (TPSA) is 103 Å². The quantitative estimate of drug-likeness (QED) is 0.595. The van der Waals surface area contributed by atoms with Gasteiger partial charge < -0.3 is 24.8 Å². The van der Waals surface area contributed by atoms with Crippen molar-refractivity contribution in [1.29, 1.82) is 0 Å². The molecular weight excluding hydrogens is 433 g/mol. The second-order valence-electron chi connectivity index (χ2n) is 6.45. The molecule has 2 aromatic rings. The molecule has 1 unspecified atom stereocenters. The number of hydrogen-bond acceptors (Lipinski definition) is 6. The number of anilines is 1. The van der Waals surface area contributed by atoms with E-state index in [0.717, 1.165) is 24.3 Å². The number of esters is 1. The van der Waals surface area contributed by atoms with Gasteiger partial charge in [0.25, 0.3) is 11.8 Å². The predicted octanol–water partition coefficient (Wildman–Crippen LogP) is 3.02. The van der Waals surface area contributed by atoms with Crippen LogP contribution in [0.2, 0.25) is 0 Å². The van der Waals surface area contributed by atoms with Gasteiger partial charge in [-0.05, 0) is 43.3 Å². The molecule has 2 N–H and O–H groups in total. The highest BCUT2D eigenvalue weighted by atomic mass is 19.4. The minimum absolute atomic E-state index is 0.0679. The zero-order valence-electron chi connectivity index (χ0n) is 17.4. The monoisotopic (exact) mass is 454 g/mol. The minimum Gasteiger partial charge on any atom is -0.497 e. The number of methoxy groups -OCH3 is 2. The lowest BCUT2D eigenvalue weighted by atomic mass is 10.1. The highest BCUT2D eigenvalue weighted by Crippen LogP contribution is 2.30. The summed E-state index contributed by atoms with van der Waals surface area (Å²) in [4.78, 5) is 36.3. The average molecular weight is 454 g/mol. The molecule has 0 heterocycles. The molecular formula is C21H21F3N2O6. The van der Waals surface area contributed by atoms with Crippen LogP contribution in [0.4, 0.5) is 18.9 Å². The van der Waals surface area contributed by atoms with Crippen LogP contribution in [0.3, 0.4) is 0 Å². The molecule has 0 saturated heterocycles. The van der Waals surface area contributed by atoms with Crippen molar-refractivity contribution in [2.75, 3.05) is 26.1 Å². The van der Waals surface area contributed by atoms with Gasteiger partial charge in [-0.1, -0.05) is 0 Å². The van der Waals surface area contributed by atoms with Crippen LogP contribution in [-0.2, 0) is 20.5 Å². The van der Waals surface area contributed by atoms with Crippen molar-refractivity contribution in [3.63, 3.8) is 0 Å². The molecule has 0 spiro atoms. The summed E-state index contributed by atoms with van der Waals surface area (Å²) in [5.74, 6) is -1.50. The lowest BCUT2D eigenvalue weighted by Crippen LogP contribution is -2.35. The largest absolute Gasteiger partial charge is 0.497 e. The standard InChI is InChI=1S/C21H21F3N2O6/c1-12(19(28)26-16-10-15(30-2)8-9-17(16)31-3)32-18(27)11-25-20(29)13-4-6-14(7-5-13)21(22,23)24/h4-10,12H,11H2,1-3H3,(H,25,29)(H,26,28). The summed E-state index contributed by atoms with van der Waals surface area (Å²) in [7, 11) is 2.87. The molecule has 1 atom stereocenters. The number of alkyl halides is 3. The lowest BCUT2D eigenvalue weighted by Gasteiger charge is -2.16. The molecule has 11 heteroatoms. The van der Waals surface area contributed by atoms with E-state index in [1.54, 1.807) is 12.1 Å². The molecule has 2 rings (SSSR count). The Bertz CT molecular complexity index is 976. The maximum Gasteiger partial charge on any atom is 0.416 e. The molecule has 0 fully saturated rings. The number of hydrogen-bond donors (Lipinski definition) is 2. The van der Waals surface area contributed by atoms with Gasteiger partial charge in [0.05, 0.1) is 25.5 Å². The molecule has 32 heavy (non-hydrogen) atoms. The van der Waals surface area contributed by atoms with Gasteiger partial charge in [-0.25, -0.2) is 0 Å². The smallest absolute Gasteiger partial charge is 0.416 e. The number of halogens is 3. The molecule has 0 bridgehead atoms. The van der Waals surface area contributed by atoms with Crippen LogP contribution in [-0.4, -0.2) is 44.7 Å². The first-order valence-corrected chi connectivity index (χ1v) is 9.23.